The molecule has 0 saturated heterocycles. The molecule has 1 aromatic carbocycles. The van der Waals surface area contributed by atoms with Crippen LogP contribution in [0.15, 0.2) is 18.2 Å². The maximum atomic E-state index is 11.2. The number of benzene rings is 1. The van der Waals surface area contributed by atoms with Crippen molar-refractivity contribution in [1.29, 1.82) is 0 Å². The Kier molecular flexibility index (Phi) is 4.71. The summed E-state index contributed by atoms with van der Waals surface area (Å²) < 4.78 is 9.96. The molecule has 0 aliphatic heterocycles. The van der Waals surface area contributed by atoms with Crippen LogP contribution in [0.25, 0.3) is 0 Å². The van der Waals surface area contributed by atoms with E-state index >= 15 is 0 Å². The van der Waals surface area contributed by atoms with Crippen LogP contribution < -0.4 is 0 Å². The van der Waals surface area contributed by atoms with Gasteiger partial charge in [0, 0.05) is 6.07 Å². The first-order valence-electron chi connectivity index (χ1n) is 6.95. The number of hydrogen-bond acceptors (Lipinski definition) is 5. The summed E-state index contributed by atoms with van der Waals surface area (Å²) in [7, 11) is 0. The summed E-state index contributed by atoms with van der Waals surface area (Å²) in [5.74, 6) is 0.419. The molecule has 1 saturated carbocycles. The minimum atomic E-state index is -0.608. The lowest BCUT2D eigenvalue weighted by atomic mass is 9.82. The third kappa shape index (κ3) is 3.56. The van der Waals surface area contributed by atoms with E-state index in [1.807, 2.05) is 0 Å². The van der Waals surface area contributed by atoms with Gasteiger partial charge in [0.1, 0.15) is 17.6 Å². The van der Waals surface area contributed by atoms with E-state index in [0.717, 1.165) is 31.2 Å². The number of phenols is 2. The highest BCUT2D eigenvalue weighted by atomic mass is 16.7. The van der Waals surface area contributed by atoms with E-state index in [-0.39, 0.29) is 23.5 Å². The van der Waals surface area contributed by atoms with Crippen molar-refractivity contribution in [2.75, 3.05) is 6.61 Å². The van der Waals surface area contributed by atoms with Crippen LogP contribution in [-0.4, -0.2) is 29.1 Å². The average Bonchev–Trinajstić information content (AvgIpc) is 2.40. The average molecular weight is 280 g/mol. The Morgan fingerprint density at radius 1 is 1.25 bits per heavy atom. The molecule has 0 aromatic heterocycles. The zero-order valence-corrected chi connectivity index (χ0v) is 11.5. The second-order valence-electron chi connectivity index (χ2n) is 5.02. The van der Waals surface area contributed by atoms with Crippen LogP contribution in [-0.2, 0) is 9.47 Å². The van der Waals surface area contributed by atoms with E-state index in [1.165, 1.54) is 6.07 Å². The summed E-state index contributed by atoms with van der Waals surface area (Å²) in [4.78, 5) is 11.2. The van der Waals surface area contributed by atoms with Crippen molar-refractivity contribution < 1.29 is 24.5 Å². The first kappa shape index (κ1) is 14.5. The second-order valence-corrected chi connectivity index (χ2v) is 5.02. The number of aromatic hydroxyl groups is 2. The highest BCUT2D eigenvalue weighted by Crippen LogP contribution is 2.39. The van der Waals surface area contributed by atoms with E-state index in [4.69, 9.17) is 9.47 Å². The molecule has 1 aliphatic rings. The molecular weight excluding hydrogens is 260 g/mol. The maximum Gasteiger partial charge on any atom is 0.508 e. The Bertz CT molecular complexity index is 463. The summed E-state index contributed by atoms with van der Waals surface area (Å²) in [5.41, 5.74) is 0.845. The largest absolute Gasteiger partial charge is 0.508 e. The van der Waals surface area contributed by atoms with Gasteiger partial charge in [-0.1, -0.05) is 6.07 Å². The Morgan fingerprint density at radius 3 is 2.55 bits per heavy atom. The topological polar surface area (TPSA) is 76.0 Å². The van der Waals surface area contributed by atoms with E-state index in [1.54, 1.807) is 19.1 Å². The molecule has 5 heteroatoms. The molecule has 2 N–H and O–H groups in total. The van der Waals surface area contributed by atoms with Crippen molar-refractivity contribution in [2.24, 2.45) is 0 Å². The first-order chi connectivity index (χ1) is 9.60. The van der Waals surface area contributed by atoms with Crippen molar-refractivity contribution >= 4 is 6.16 Å². The van der Waals surface area contributed by atoms with Crippen molar-refractivity contribution in [3.05, 3.63) is 23.8 Å². The third-order valence-electron chi connectivity index (χ3n) is 3.65. The van der Waals surface area contributed by atoms with E-state index in [9.17, 15) is 15.0 Å². The molecule has 110 valence electrons. The van der Waals surface area contributed by atoms with Gasteiger partial charge in [-0.15, -0.1) is 0 Å². The van der Waals surface area contributed by atoms with Crippen LogP contribution >= 0.6 is 0 Å². The van der Waals surface area contributed by atoms with Gasteiger partial charge in [-0.2, -0.15) is 0 Å². The van der Waals surface area contributed by atoms with Crippen LogP contribution in [0.2, 0.25) is 0 Å². The van der Waals surface area contributed by atoms with Gasteiger partial charge in [0.05, 0.1) is 6.61 Å². The number of carbonyl (C=O) groups excluding carboxylic acids is 1. The van der Waals surface area contributed by atoms with Crippen molar-refractivity contribution in [1.82, 2.24) is 0 Å². The highest BCUT2D eigenvalue weighted by Gasteiger charge is 2.26. The van der Waals surface area contributed by atoms with Gasteiger partial charge in [-0.25, -0.2) is 4.79 Å². The van der Waals surface area contributed by atoms with Gasteiger partial charge in [-0.05, 0) is 50.2 Å². The van der Waals surface area contributed by atoms with Crippen LogP contribution in [0.5, 0.6) is 11.5 Å². The lowest BCUT2D eigenvalue weighted by molar-refractivity contribution is 0.0117. The van der Waals surface area contributed by atoms with Gasteiger partial charge in [-0.3, -0.25) is 0 Å². The van der Waals surface area contributed by atoms with Gasteiger partial charge in [0.25, 0.3) is 0 Å². The lowest BCUT2D eigenvalue weighted by Gasteiger charge is -2.28. The maximum absolute atomic E-state index is 11.2. The number of ether oxygens (including phenoxy) is 2. The molecule has 1 aliphatic carbocycles. The zero-order valence-electron chi connectivity index (χ0n) is 11.5. The van der Waals surface area contributed by atoms with Crippen molar-refractivity contribution in [3.63, 3.8) is 0 Å². The zero-order chi connectivity index (χ0) is 14.5. The quantitative estimate of drug-likeness (QED) is 0.831. The number of hydrogen-bond donors (Lipinski definition) is 2. The molecule has 0 radical (unpaired) electrons. The fourth-order valence-corrected chi connectivity index (χ4v) is 2.66. The van der Waals surface area contributed by atoms with Gasteiger partial charge < -0.3 is 19.7 Å². The summed E-state index contributed by atoms with van der Waals surface area (Å²) in [6.07, 6.45) is 2.46. The summed E-state index contributed by atoms with van der Waals surface area (Å²) in [6, 6.07) is 4.69. The predicted molar refractivity (Wildman–Crippen MR) is 72.9 cm³/mol. The molecule has 0 amide bonds. The monoisotopic (exact) mass is 280 g/mol. The van der Waals surface area contributed by atoms with Crippen LogP contribution in [0, 0.1) is 0 Å². The van der Waals surface area contributed by atoms with Crippen molar-refractivity contribution in [3.8, 4) is 11.5 Å². The molecule has 1 fully saturated rings. The fraction of sp³-hybridized carbons (Fsp3) is 0.533. The Labute approximate surface area is 118 Å². The molecule has 0 spiro atoms. The number of carbonyl (C=O) groups is 1. The molecule has 1 aromatic rings. The predicted octanol–water partition coefficient (Wildman–Crippen LogP) is 3.30. The summed E-state index contributed by atoms with van der Waals surface area (Å²) in [5, 5.41) is 19.2. The van der Waals surface area contributed by atoms with E-state index in [0.29, 0.717) is 6.61 Å². The number of rotatable bonds is 3. The second kappa shape index (κ2) is 6.50. The minimum absolute atomic E-state index is 0.0607. The Morgan fingerprint density at radius 2 is 1.95 bits per heavy atom. The standard InChI is InChI=1S/C15H20O5/c1-2-19-15(18)20-12-6-3-10(4-7-12)13-8-5-11(16)9-14(13)17/h5,8-10,12,16-17H,2-4,6-7H2,1H3. The van der Waals surface area contributed by atoms with Gasteiger partial charge >= 0.3 is 6.16 Å². The van der Waals surface area contributed by atoms with Gasteiger partial charge in [0.15, 0.2) is 0 Å². The highest BCUT2D eigenvalue weighted by molar-refractivity contribution is 5.60. The summed E-state index contributed by atoms with van der Waals surface area (Å²) in [6.45, 7) is 2.06. The smallest absolute Gasteiger partial charge is 0.508 e. The lowest BCUT2D eigenvalue weighted by Crippen LogP contribution is -2.24. The van der Waals surface area contributed by atoms with Crippen LogP contribution in [0.4, 0.5) is 4.79 Å². The van der Waals surface area contributed by atoms with Crippen LogP contribution in [0.3, 0.4) is 0 Å². The molecule has 0 atom stereocenters. The van der Waals surface area contributed by atoms with Crippen molar-refractivity contribution in [2.45, 2.75) is 44.6 Å². The molecule has 2 rings (SSSR count). The van der Waals surface area contributed by atoms with E-state index in [2.05, 4.69) is 0 Å². The third-order valence-corrected chi connectivity index (χ3v) is 3.65. The Hall–Kier alpha value is -1.91. The summed E-state index contributed by atoms with van der Waals surface area (Å²) >= 11 is 0. The SMILES string of the molecule is CCOC(=O)OC1CCC(c2ccc(O)cc2O)CC1. The Balaban J connectivity index is 1.89. The minimum Gasteiger partial charge on any atom is -0.508 e. The molecule has 0 heterocycles. The fourth-order valence-electron chi connectivity index (χ4n) is 2.66. The molecule has 0 unspecified atom stereocenters. The number of phenolic OH excluding ortho intramolecular Hbond substituents is 2. The van der Waals surface area contributed by atoms with Crippen LogP contribution in [0.1, 0.15) is 44.1 Å². The molecule has 5 nitrogen and oxygen atoms in total. The molecule has 0 bridgehead atoms. The molecule has 20 heavy (non-hydrogen) atoms. The van der Waals surface area contributed by atoms with E-state index < -0.39 is 6.16 Å². The normalized spacial score (nSPS) is 22.2. The first-order valence-corrected chi connectivity index (χ1v) is 6.95. The van der Waals surface area contributed by atoms with Gasteiger partial charge in [0.2, 0.25) is 0 Å². The molecular formula is C15H20O5.